The van der Waals surface area contributed by atoms with Crippen LogP contribution in [0, 0.1) is 13.8 Å². The zero-order chi connectivity index (χ0) is 13.1. The molecule has 0 fully saturated rings. The maximum absolute atomic E-state index is 12.0. The van der Waals surface area contributed by atoms with Crippen LogP contribution in [0.1, 0.15) is 11.1 Å². The molecule has 0 spiro atoms. The number of ether oxygens (including phenoxy) is 1. The maximum atomic E-state index is 12.0. The number of aryl methyl sites for hydroxylation is 2. The largest absolute Gasteiger partial charge is 0.466 e. The Kier molecular flexibility index (Phi) is 3.53. The number of anilines is 1. The number of para-hydroxylation sites is 1. The molecule has 18 heavy (non-hydrogen) atoms. The van der Waals surface area contributed by atoms with Crippen molar-refractivity contribution in [3.63, 3.8) is 0 Å². The first kappa shape index (κ1) is 12.4. The minimum Gasteiger partial charge on any atom is -0.466 e. The SMILES string of the molecule is Cc1cccc(C)c1NC(=O)C1=CN(CO)CO1. The Morgan fingerprint density at radius 2 is 2.11 bits per heavy atom. The van der Waals surface area contributed by atoms with Gasteiger partial charge in [-0.05, 0) is 25.0 Å². The minimum atomic E-state index is -0.302. The molecule has 96 valence electrons. The lowest BCUT2D eigenvalue weighted by Crippen LogP contribution is -2.16. The summed E-state index contributed by atoms with van der Waals surface area (Å²) in [4.78, 5) is 13.5. The van der Waals surface area contributed by atoms with Crippen LogP contribution in [0.5, 0.6) is 0 Å². The van der Waals surface area contributed by atoms with Gasteiger partial charge in [-0.2, -0.15) is 0 Å². The number of aliphatic hydroxyl groups excluding tert-OH is 1. The number of nitrogens with zero attached hydrogens (tertiary/aromatic N) is 1. The number of aliphatic hydroxyl groups is 1. The highest BCUT2D eigenvalue weighted by atomic mass is 16.5. The van der Waals surface area contributed by atoms with Gasteiger partial charge in [0.15, 0.2) is 6.73 Å². The van der Waals surface area contributed by atoms with Gasteiger partial charge in [-0.1, -0.05) is 18.2 Å². The average molecular weight is 248 g/mol. The number of rotatable bonds is 3. The summed E-state index contributed by atoms with van der Waals surface area (Å²) < 4.78 is 5.19. The van der Waals surface area contributed by atoms with Crippen molar-refractivity contribution in [2.75, 3.05) is 18.8 Å². The van der Waals surface area contributed by atoms with Gasteiger partial charge in [-0.15, -0.1) is 0 Å². The van der Waals surface area contributed by atoms with E-state index in [1.165, 1.54) is 11.1 Å². The normalized spacial score (nSPS) is 14.2. The Hall–Kier alpha value is -2.01. The van der Waals surface area contributed by atoms with Crippen molar-refractivity contribution in [2.24, 2.45) is 0 Å². The fourth-order valence-corrected chi connectivity index (χ4v) is 1.79. The highest BCUT2D eigenvalue weighted by Gasteiger charge is 2.20. The lowest BCUT2D eigenvalue weighted by Gasteiger charge is -2.11. The molecule has 1 amide bonds. The van der Waals surface area contributed by atoms with Crippen LogP contribution in [-0.2, 0) is 9.53 Å². The third-order valence-corrected chi connectivity index (χ3v) is 2.81. The smallest absolute Gasteiger partial charge is 0.292 e. The van der Waals surface area contributed by atoms with Crippen LogP contribution in [0.3, 0.4) is 0 Å². The molecule has 0 atom stereocenters. The van der Waals surface area contributed by atoms with Crippen molar-refractivity contribution < 1.29 is 14.6 Å². The van der Waals surface area contributed by atoms with Crippen molar-refractivity contribution >= 4 is 11.6 Å². The number of benzene rings is 1. The van der Waals surface area contributed by atoms with Crippen LogP contribution in [0.15, 0.2) is 30.2 Å². The second kappa shape index (κ2) is 5.10. The van der Waals surface area contributed by atoms with Crippen LogP contribution >= 0.6 is 0 Å². The van der Waals surface area contributed by atoms with E-state index in [2.05, 4.69) is 5.32 Å². The standard InChI is InChI=1S/C13H16N2O3/c1-9-4-3-5-10(2)12(9)14-13(17)11-6-15(7-16)8-18-11/h3-6,16H,7-8H2,1-2H3,(H,14,17). The molecular formula is C13H16N2O3. The highest BCUT2D eigenvalue weighted by Crippen LogP contribution is 2.21. The summed E-state index contributed by atoms with van der Waals surface area (Å²) in [5.41, 5.74) is 2.80. The van der Waals surface area contributed by atoms with Crippen LogP contribution in [0.2, 0.25) is 0 Å². The Labute approximate surface area is 106 Å². The predicted molar refractivity (Wildman–Crippen MR) is 67.5 cm³/mol. The molecule has 0 aliphatic carbocycles. The molecule has 2 N–H and O–H groups in total. The van der Waals surface area contributed by atoms with E-state index in [9.17, 15) is 4.79 Å². The third kappa shape index (κ3) is 2.46. The number of hydrogen-bond acceptors (Lipinski definition) is 4. The number of nitrogens with one attached hydrogen (secondary N) is 1. The molecule has 0 radical (unpaired) electrons. The Balaban J connectivity index is 2.13. The van der Waals surface area contributed by atoms with Crippen LogP contribution in [0.4, 0.5) is 5.69 Å². The van der Waals surface area contributed by atoms with Gasteiger partial charge in [0.05, 0.1) is 6.20 Å². The van der Waals surface area contributed by atoms with E-state index in [4.69, 9.17) is 9.84 Å². The molecule has 0 bridgehead atoms. The van der Waals surface area contributed by atoms with Gasteiger partial charge in [0.2, 0.25) is 5.76 Å². The second-order valence-corrected chi connectivity index (χ2v) is 4.22. The number of hydrogen-bond donors (Lipinski definition) is 2. The van der Waals surface area contributed by atoms with Gasteiger partial charge in [0.1, 0.15) is 6.73 Å². The van der Waals surface area contributed by atoms with E-state index in [-0.39, 0.29) is 25.1 Å². The van der Waals surface area contributed by atoms with Gasteiger partial charge in [0.25, 0.3) is 5.91 Å². The first-order valence-electron chi connectivity index (χ1n) is 5.69. The molecule has 0 saturated carbocycles. The van der Waals surface area contributed by atoms with Crippen LogP contribution < -0.4 is 5.32 Å². The molecule has 5 heteroatoms. The Morgan fingerprint density at radius 1 is 1.44 bits per heavy atom. The number of amides is 1. The van der Waals surface area contributed by atoms with E-state index in [0.717, 1.165) is 16.8 Å². The first-order valence-corrected chi connectivity index (χ1v) is 5.69. The molecule has 0 aromatic heterocycles. The van der Waals surface area contributed by atoms with Crippen molar-refractivity contribution in [3.8, 4) is 0 Å². The topological polar surface area (TPSA) is 61.8 Å². The molecule has 1 aromatic rings. The minimum absolute atomic E-state index is 0.166. The highest BCUT2D eigenvalue weighted by molar-refractivity contribution is 6.03. The van der Waals surface area contributed by atoms with Crippen molar-refractivity contribution in [3.05, 3.63) is 41.3 Å². The molecule has 1 heterocycles. The molecule has 1 aromatic carbocycles. The summed E-state index contributed by atoms with van der Waals surface area (Å²) in [5, 5.41) is 11.7. The van der Waals surface area contributed by atoms with E-state index < -0.39 is 0 Å². The van der Waals surface area contributed by atoms with Crippen molar-refractivity contribution in [1.29, 1.82) is 0 Å². The molecule has 0 saturated heterocycles. The van der Waals surface area contributed by atoms with Crippen LogP contribution in [-0.4, -0.2) is 29.4 Å². The fourth-order valence-electron chi connectivity index (χ4n) is 1.79. The van der Waals surface area contributed by atoms with Crippen LogP contribution in [0.25, 0.3) is 0 Å². The maximum Gasteiger partial charge on any atom is 0.292 e. The van der Waals surface area contributed by atoms with Gasteiger partial charge >= 0.3 is 0 Å². The van der Waals surface area contributed by atoms with Crippen molar-refractivity contribution in [2.45, 2.75) is 13.8 Å². The summed E-state index contributed by atoms with van der Waals surface area (Å²) in [6.07, 6.45) is 1.50. The van der Waals surface area contributed by atoms with E-state index in [1.54, 1.807) is 0 Å². The quantitative estimate of drug-likeness (QED) is 0.847. The van der Waals surface area contributed by atoms with Gasteiger partial charge < -0.3 is 20.1 Å². The zero-order valence-corrected chi connectivity index (χ0v) is 10.4. The van der Waals surface area contributed by atoms with Gasteiger partial charge in [-0.25, -0.2) is 0 Å². The number of carbonyl (C=O) groups excluding carboxylic acids is 1. The average Bonchev–Trinajstić information content (AvgIpc) is 2.82. The molecule has 5 nitrogen and oxygen atoms in total. The summed E-state index contributed by atoms with van der Waals surface area (Å²) in [5.74, 6) is -0.0879. The third-order valence-electron chi connectivity index (χ3n) is 2.81. The monoisotopic (exact) mass is 248 g/mol. The van der Waals surface area contributed by atoms with Gasteiger partial charge in [-0.3, -0.25) is 4.79 Å². The molecule has 1 aliphatic heterocycles. The number of carbonyl (C=O) groups is 1. The van der Waals surface area contributed by atoms with E-state index in [1.807, 2.05) is 32.0 Å². The summed E-state index contributed by atoms with van der Waals surface area (Å²) in [6.45, 7) is 3.91. The lowest BCUT2D eigenvalue weighted by molar-refractivity contribution is -0.115. The second-order valence-electron chi connectivity index (χ2n) is 4.22. The first-order chi connectivity index (χ1) is 8.61. The molecular weight excluding hydrogens is 232 g/mol. The molecule has 2 rings (SSSR count). The molecule has 1 aliphatic rings. The van der Waals surface area contributed by atoms with Gasteiger partial charge in [0, 0.05) is 5.69 Å². The summed E-state index contributed by atoms with van der Waals surface area (Å²) in [6, 6.07) is 5.82. The van der Waals surface area contributed by atoms with Crippen molar-refractivity contribution in [1.82, 2.24) is 4.90 Å². The Morgan fingerprint density at radius 3 is 2.67 bits per heavy atom. The van der Waals surface area contributed by atoms with E-state index >= 15 is 0 Å². The predicted octanol–water partition coefficient (Wildman–Crippen LogP) is 1.32. The lowest BCUT2D eigenvalue weighted by atomic mass is 10.1. The summed E-state index contributed by atoms with van der Waals surface area (Å²) in [7, 11) is 0. The Bertz CT molecular complexity index is 477. The van der Waals surface area contributed by atoms with E-state index in [0.29, 0.717) is 0 Å². The zero-order valence-electron chi connectivity index (χ0n) is 10.4. The summed E-state index contributed by atoms with van der Waals surface area (Å²) >= 11 is 0. The molecule has 0 unspecified atom stereocenters. The fraction of sp³-hybridized carbons (Fsp3) is 0.308.